The molecule has 0 radical (unpaired) electrons. The maximum absolute atomic E-state index is 12.8. The van der Waals surface area contributed by atoms with E-state index in [0.29, 0.717) is 5.56 Å². The molecule has 0 unspecified atom stereocenters. The van der Waals surface area contributed by atoms with Gasteiger partial charge >= 0.3 is 0 Å². The molecule has 1 amide bonds. The number of nitrogens with one attached hydrogen (secondary N) is 1. The van der Waals surface area contributed by atoms with Crippen LogP contribution < -0.4 is 5.32 Å². The lowest BCUT2D eigenvalue weighted by atomic mass is 10.0. The van der Waals surface area contributed by atoms with Gasteiger partial charge < -0.3 is 10.2 Å². The molecule has 4 nitrogen and oxygen atoms in total. The highest BCUT2D eigenvalue weighted by Crippen LogP contribution is 2.28. The molecule has 25 heavy (non-hydrogen) atoms. The minimum atomic E-state index is -0.0135. The van der Waals surface area contributed by atoms with Crippen LogP contribution >= 0.6 is 11.8 Å². The van der Waals surface area contributed by atoms with Crippen LogP contribution in [0, 0.1) is 0 Å². The molecule has 1 aromatic heterocycles. The first-order chi connectivity index (χ1) is 12.3. The Morgan fingerprint density at radius 3 is 2.68 bits per heavy atom. The number of carbonyl (C=O) groups is 1. The summed E-state index contributed by atoms with van der Waals surface area (Å²) in [6.07, 6.45) is 4.97. The highest BCUT2D eigenvalue weighted by atomic mass is 32.2. The predicted molar refractivity (Wildman–Crippen MR) is 102 cm³/mol. The van der Waals surface area contributed by atoms with Crippen molar-refractivity contribution in [3.63, 3.8) is 0 Å². The van der Waals surface area contributed by atoms with Crippen LogP contribution in [0.4, 0.5) is 0 Å². The number of nitrogens with zero attached hydrogens (tertiary/aromatic N) is 2. The summed E-state index contributed by atoms with van der Waals surface area (Å²) in [4.78, 5) is 20.7. The maximum atomic E-state index is 12.8. The Morgan fingerprint density at radius 2 is 1.96 bits per heavy atom. The van der Waals surface area contributed by atoms with E-state index < -0.39 is 0 Å². The number of likely N-dealkylation sites (tertiary alicyclic amines) is 1. The van der Waals surface area contributed by atoms with E-state index in [1.165, 1.54) is 18.2 Å². The third-order valence-corrected chi connectivity index (χ3v) is 5.46. The normalized spacial score (nSPS) is 15.9. The molecule has 0 spiro atoms. The van der Waals surface area contributed by atoms with Crippen molar-refractivity contribution in [2.45, 2.75) is 42.1 Å². The second-order valence-corrected chi connectivity index (χ2v) is 7.42. The number of carbonyl (C=O) groups excluding carboxylic acids is 1. The molecule has 3 rings (SSSR count). The third kappa shape index (κ3) is 5.06. The largest absolute Gasteiger partial charge is 0.349 e. The first-order valence-corrected chi connectivity index (χ1v) is 9.79. The van der Waals surface area contributed by atoms with Crippen molar-refractivity contribution in [3.8, 4) is 0 Å². The van der Waals surface area contributed by atoms with E-state index in [1.54, 1.807) is 6.20 Å². The van der Waals surface area contributed by atoms with Gasteiger partial charge in [0.1, 0.15) is 5.03 Å². The molecule has 1 fully saturated rings. The molecule has 0 atom stereocenters. The number of piperidine rings is 1. The molecule has 1 N–H and O–H groups in total. The highest BCUT2D eigenvalue weighted by molar-refractivity contribution is 7.99. The Morgan fingerprint density at radius 1 is 1.20 bits per heavy atom. The molecule has 2 aromatic rings. The molecule has 132 valence electrons. The molecule has 1 aliphatic rings. The maximum Gasteiger partial charge on any atom is 0.254 e. The summed E-state index contributed by atoms with van der Waals surface area (Å²) in [6, 6.07) is 14.0. The van der Waals surface area contributed by atoms with Crippen LogP contribution in [-0.4, -0.2) is 41.5 Å². The quantitative estimate of drug-likeness (QED) is 0.855. The number of aromatic nitrogens is 1. The minimum absolute atomic E-state index is 0.0135. The SMILES string of the molecule is CCCN1CCC(NC(=O)c2cccnc2Sc2ccccc2)CC1. The van der Waals surface area contributed by atoms with E-state index >= 15 is 0 Å². The standard InChI is InChI=1S/C20H25N3OS/c1-2-13-23-14-10-16(11-15-23)22-19(24)18-9-6-12-21-20(18)25-17-7-4-3-5-8-17/h3-9,12,16H,2,10-11,13-15H2,1H3,(H,22,24). The van der Waals surface area contributed by atoms with E-state index in [1.807, 2.05) is 42.5 Å². The summed E-state index contributed by atoms with van der Waals surface area (Å²) in [5, 5.41) is 3.96. The fourth-order valence-electron chi connectivity index (χ4n) is 3.13. The van der Waals surface area contributed by atoms with Crippen molar-refractivity contribution in [2.75, 3.05) is 19.6 Å². The fourth-order valence-corrected chi connectivity index (χ4v) is 4.03. The minimum Gasteiger partial charge on any atom is -0.349 e. The Kier molecular flexibility index (Phi) is 6.48. The summed E-state index contributed by atoms with van der Waals surface area (Å²) < 4.78 is 0. The summed E-state index contributed by atoms with van der Waals surface area (Å²) in [5.74, 6) is -0.0135. The molecule has 1 aromatic carbocycles. The van der Waals surface area contributed by atoms with Gasteiger partial charge in [-0.2, -0.15) is 0 Å². The number of hydrogen-bond acceptors (Lipinski definition) is 4. The number of rotatable bonds is 6. The van der Waals surface area contributed by atoms with E-state index in [4.69, 9.17) is 0 Å². The molecule has 5 heteroatoms. The number of amides is 1. The van der Waals surface area contributed by atoms with Gasteiger partial charge in [-0.1, -0.05) is 36.9 Å². The highest BCUT2D eigenvalue weighted by Gasteiger charge is 2.22. The summed E-state index contributed by atoms with van der Waals surface area (Å²) in [5.41, 5.74) is 0.660. The summed E-state index contributed by atoms with van der Waals surface area (Å²) in [6.45, 7) is 5.50. The van der Waals surface area contributed by atoms with Gasteiger partial charge in [-0.15, -0.1) is 0 Å². The second-order valence-electron chi connectivity index (χ2n) is 6.36. The molecule has 0 aliphatic carbocycles. The smallest absolute Gasteiger partial charge is 0.254 e. The number of benzene rings is 1. The molecule has 0 saturated carbocycles. The zero-order valence-electron chi connectivity index (χ0n) is 14.6. The molecule has 2 heterocycles. The van der Waals surface area contributed by atoms with Gasteiger partial charge in [0, 0.05) is 30.2 Å². The van der Waals surface area contributed by atoms with Gasteiger partial charge in [0.2, 0.25) is 0 Å². The average Bonchev–Trinajstić information content (AvgIpc) is 2.65. The lowest BCUT2D eigenvalue weighted by molar-refractivity contribution is 0.0907. The number of pyridine rings is 1. The van der Waals surface area contributed by atoms with Crippen LogP contribution in [0.3, 0.4) is 0 Å². The van der Waals surface area contributed by atoms with Crippen LogP contribution in [0.1, 0.15) is 36.5 Å². The lowest BCUT2D eigenvalue weighted by Crippen LogP contribution is -2.44. The van der Waals surface area contributed by atoms with Gasteiger partial charge in [0.15, 0.2) is 0 Å². The predicted octanol–water partition coefficient (Wildman–Crippen LogP) is 3.84. The van der Waals surface area contributed by atoms with E-state index in [0.717, 1.165) is 42.4 Å². The van der Waals surface area contributed by atoms with Crippen LogP contribution in [0.25, 0.3) is 0 Å². The number of hydrogen-bond donors (Lipinski definition) is 1. The van der Waals surface area contributed by atoms with Crippen LogP contribution in [-0.2, 0) is 0 Å². The van der Waals surface area contributed by atoms with E-state index in [-0.39, 0.29) is 11.9 Å². The van der Waals surface area contributed by atoms with Gasteiger partial charge in [0.25, 0.3) is 5.91 Å². The van der Waals surface area contributed by atoms with Crippen molar-refractivity contribution in [2.24, 2.45) is 0 Å². The summed E-state index contributed by atoms with van der Waals surface area (Å²) >= 11 is 1.53. The molecule has 1 saturated heterocycles. The molecule has 1 aliphatic heterocycles. The van der Waals surface area contributed by atoms with Crippen molar-refractivity contribution >= 4 is 17.7 Å². The zero-order chi connectivity index (χ0) is 17.5. The first kappa shape index (κ1) is 18.0. The monoisotopic (exact) mass is 355 g/mol. The Hall–Kier alpha value is -1.85. The average molecular weight is 356 g/mol. The fraction of sp³-hybridized carbons (Fsp3) is 0.400. The van der Waals surface area contributed by atoms with E-state index in [2.05, 4.69) is 22.1 Å². The lowest BCUT2D eigenvalue weighted by Gasteiger charge is -2.32. The van der Waals surface area contributed by atoms with Gasteiger partial charge in [-0.3, -0.25) is 4.79 Å². The molecule has 0 bridgehead atoms. The third-order valence-electron chi connectivity index (χ3n) is 4.44. The van der Waals surface area contributed by atoms with Crippen LogP contribution in [0.5, 0.6) is 0 Å². The second kappa shape index (κ2) is 9.02. The van der Waals surface area contributed by atoms with Crippen LogP contribution in [0.15, 0.2) is 58.6 Å². The first-order valence-electron chi connectivity index (χ1n) is 8.97. The zero-order valence-corrected chi connectivity index (χ0v) is 15.5. The van der Waals surface area contributed by atoms with Crippen molar-refractivity contribution in [1.29, 1.82) is 0 Å². The Bertz CT molecular complexity index is 684. The van der Waals surface area contributed by atoms with E-state index in [9.17, 15) is 4.79 Å². The topological polar surface area (TPSA) is 45.2 Å². The van der Waals surface area contributed by atoms with Crippen molar-refractivity contribution in [1.82, 2.24) is 15.2 Å². The van der Waals surface area contributed by atoms with Gasteiger partial charge in [0.05, 0.1) is 5.56 Å². The molecular weight excluding hydrogens is 330 g/mol. The van der Waals surface area contributed by atoms with Gasteiger partial charge in [-0.25, -0.2) is 4.98 Å². The molecular formula is C20H25N3OS. The van der Waals surface area contributed by atoms with Crippen LogP contribution in [0.2, 0.25) is 0 Å². The van der Waals surface area contributed by atoms with Crippen molar-refractivity contribution in [3.05, 3.63) is 54.2 Å². The van der Waals surface area contributed by atoms with Gasteiger partial charge in [-0.05, 0) is 50.1 Å². The Balaban J connectivity index is 1.63. The van der Waals surface area contributed by atoms with Crippen molar-refractivity contribution < 1.29 is 4.79 Å². The summed E-state index contributed by atoms with van der Waals surface area (Å²) in [7, 11) is 0. The Labute approximate surface area is 154 Å².